The van der Waals surface area contributed by atoms with Gasteiger partial charge in [-0.15, -0.1) is 0 Å². The van der Waals surface area contributed by atoms with Crippen LogP contribution >= 0.6 is 0 Å². The van der Waals surface area contributed by atoms with Crippen molar-refractivity contribution in [2.45, 2.75) is 77.4 Å². The molecule has 0 heterocycles. The van der Waals surface area contributed by atoms with Crippen LogP contribution in [0.4, 0.5) is 0 Å². The first kappa shape index (κ1) is 24.0. The number of carbonyl (C=O) groups excluding carboxylic acids is 2. The zero-order valence-corrected chi connectivity index (χ0v) is 20.4. The smallest absolute Gasteiger partial charge is 0.242 e. The van der Waals surface area contributed by atoms with Gasteiger partial charge in [0.05, 0.1) is 0 Å². The van der Waals surface area contributed by atoms with E-state index in [-0.39, 0.29) is 17.9 Å². The predicted octanol–water partition coefficient (Wildman–Crippen LogP) is 5.95. The maximum absolute atomic E-state index is 13.6. The lowest BCUT2D eigenvalue weighted by atomic mass is 9.95. The van der Waals surface area contributed by atoms with E-state index in [4.69, 9.17) is 0 Å². The molecule has 0 unspecified atom stereocenters. The molecule has 4 rings (SSSR count). The SMILES string of the molecule is Cc1ccccc1CN(C(=O)CCc1cccc2ccccc12)[C@H](C)C(=O)NC1CCCCC1. The van der Waals surface area contributed by atoms with Gasteiger partial charge in [-0.25, -0.2) is 0 Å². The Morgan fingerprint density at radius 3 is 2.38 bits per heavy atom. The van der Waals surface area contributed by atoms with Gasteiger partial charge in [-0.05, 0) is 60.6 Å². The van der Waals surface area contributed by atoms with E-state index in [9.17, 15) is 9.59 Å². The van der Waals surface area contributed by atoms with Gasteiger partial charge in [0.1, 0.15) is 6.04 Å². The highest BCUT2D eigenvalue weighted by molar-refractivity contribution is 5.89. The normalized spacial score (nSPS) is 15.1. The topological polar surface area (TPSA) is 49.4 Å². The van der Waals surface area contributed by atoms with Gasteiger partial charge in [0.2, 0.25) is 11.8 Å². The molecule has 4 heteroatoms. The third kappa shape index (κ3) is 5.85. The highest BCUT2D eigenvalue weighted by Gasteiger charge is 2.28. The number of hydrogen-bond acceptors (Lipinski definition) is 2. The van der Waals surface area contributed by atoms with Gasteiger partial charge < -0.3 is 10.2 Å². The molecule has 1 saturated carbocycles. The molecule has 178 valence electrons. The monoisotopic (exact) mass is 456 g/mol. The molecule has 0 aromatic heterocycles. The Morgan fingerprint density at radius 1 is 0.912 bits per heavy atom. The molecule has 0 aliphatic heterocycles. The quantitative estimate of drug-likeness (QED) is 0.455. The highest BCUT2D eigenvalue weighted by atomic mass is 16.2. The molecule has 1 aliphatic rings. The fraction of sp³-hybridized carbons (Fsp3) is 0.400. The van der Waals surface area contributed by atoms with Crippen molar-refractivity contribution >= 4 is 22.6 Å². The minimum absolute atomic E-state index is 0.0162. The van der Waals surface area contributed by atoms with Crippen LogP contribution in [0.15, 0.2) is 66.7 Å². The van der Waals surface area contributed by atoms with E-state index in [2.05, 4.69) is 42.6 Å². The molecule has 1 atom stereocenters. The molecule has 34 heavy (non-hydrogen) atoms. The van der Waals surface area contributed by atoms with E-state index in [1.165, 1.54) is 22.8 Å². The van der Waals surface area contributed by atoms with Crippen LogP contribution in [0.2, 0.25) is 0 Å². The molecule has 0 radical (unpaired) electrons. The van der Waals surface area contributed by atoms with Crippen molar-refractivity contribution in [1.29, 1.82) is 0 Å². The first-order chi connectivity index (χ1) is 16.5. The van der Waals surface area contributed by atoms with Gasteiger partial charge >= 0.3 is 0 Å². The fourth-order valence-electron chi connectivity index (χ4n) is 5.02. The van der Waals surface area contributed by atoms with E-state index in [0.717, 1.165) is 36.8 Å². The number of rotatable bonds is 8. The summed E-state index contributed by atoms with van der Waals surface area (Å²) in [5, 5.41) is 5.59. The largest absolute Gasteiger partial charge is 0.352 e. The summed E-state index contributed by atoms with van der Waals surface area (Å²) in [5.74, 6) is -0.0264. The first-order valence-corrected chi connectivity index (χ1v) is 12.6. The van der Waals surface area contributed by atoms with Gasteiger partial charge in [0.15, 0.2) is 0 Å². The van der Waals surface area contributed by atoms with Crippen molar-refractivity contribution in [2.24, 2.45) is 0 Å². The summed E-state index contributed by atoms with van der Waals surface area (Å²) in [6, 6.07) is 22.4. The Kier molecular flexibility index (Phi) is 7.99. The minimum Gasteiger partial charge on any atom is -0.352 e. The molecule has 0 spiro atoms. The van der Waals surface area contributed by atoms with Crippen LogP contribution in [-0.4, -0.2) is 28.8 Å². The molecule has 2 amide bonds. The Labute approximate surface area is 203 Å². The van der Waals surface area contributed by atoms with Gasteiger partial charge in [0.25, 0.3) is 0 Å². The lowest BCUT2D eigenvalue weighted by molar-refractivity contribution is -0.141. The second-order valence-corrected chi connectivity index (χ2v) is 9.61. The third-order valence-electron chi connectivity index (χ3n) is 7.21. The van der Waals surface area contributed by atoms with Crippen molar-refractivity contribution in [3.63, 3.8) is 0 Å². The lowest BCUT2D eigenvalue weighted by Gasteiger charge is -2.31. The van der Waals surface area contributed by atoms with Crippen LogP contribution < -0.4 is 5.32 Å². The number of benzene rings is 3. The molecule has 3 aromatic carbocycles. The molecule has 1 fully saturated rings. The molecular formula is C30H36N2O2. The molecule has 3 aromatic rings. The number of amides is 2. The standard InChI is InChI=1S/C30H36N2O2/c1-22-11-6-7-13-26(22)21-32(23(2)30(34)31-27-16-4-3-5-17-27)29(33)20-19-25-15-10-14-24-12-8-9-18-28(24)25/h6-15,18,23,27H,3-5,16-17,19-21H2,1-2H3,(H,31,34)/t23-/m1/s1. The zero-order chi connectivity index (χ0) is 23.9. The average Bonchev–Trinajstić information content (AvgIpc) is 2.87. The van der Waals surface area contributed by atoms with Crippen LogP contribution in [0.5, 0.6) is 0 Å². The Bertz CT molecular complexity index is 1130. The number of nitrogens with zero attached hydrogens (tertiary/aromatic N) is 1. The summed E-state index contributed by atoms with van der Waals surface area (Å²) >= 11 is 0. The van der Waals surface area contributed by atoms with Crippen LogP contribution in [0, 0.1) is 6.92 Å². The number of hydrogen-bond donors (Lipinski definition) is 1. The molecule has 0 bridgehead atoms. The summed E-state index contributed by atoms with van der Waals surface area (Å²) in [7, 11) is 0. The number of nitrogens with one attached hydrogen (secondary N) is 1. The van der Waals surface area contributed by atoms with E-state index in [1.807, 2.05) is 43.3 Å². The second-order valence-electron chi connectivity index (χ2n) is 9.61. The maximum Gasteiger partial charge on any atom is 0.242 e. The van der Waals surface area contributed by atoms with E-state index < -0.39 is 6.04 Å². The Balaban J connectivity index is 1.50. The summed E-state index contributed by atoms with van der Waals surface area (Å²) in [4.78, 5) is 28.5. The zero-order valence-electron chi connectivity index (χ0n) is 20.4. The van der Waals surface area contributed by atoms with Crippen molar-refractivity contribution in [2.75, 3.05) is 0 Å². The second kappa shape index (κ2) is 11.3. The predicted molar refractivity (Wildman–Crippen MR) is 138 cm³/mol. The fourth-order valence-corrected chi connectivity index (χ4v) is 5.02. The number of carbonyl (C=O) groups is 2. The van der Waals surface area contributed by atoms with Crippen LogP contribution in [0.1, 0.15) is 62.1 Å². The van der Waals surface area contributed by atoms with E-state index >= 15 is 0 Å². The van der Waals surface area contributed by atoms with Crippen LogP contribution in [0.25, 0.3) is 10.8 Å². The van der Waals surface area contributed by atoms with E-state index in [0.29, 0.717) is 19.4 Å². The van der Waals surface area contributed by atoms with Crippen molar-refractivity contribution < 1.29 is 9.59 Å². The molecule has 4 nitrogen and oxygen atoms in total. The Hall–Kier alpha value is -3.14. The number of aryl methyl sites for hydroxylation is 2. The minimum atomic E-state index is -0.512. The van der Waals surface area contributed by atoms with Gasteiger partial charge in [-0.2, -0.15) is 0 Å². The lowest BCUT2D eigenvalue weighted by Crippen LogP contribution is -2.50. The molecule has 1 N–H and O–H groups in total. The average molecular weight is 457 g/mol. The molecule has 0 saturated heterocycles. The summed E-state index contributed by atoms with van der Waals surface area (Å²) < 4.78 is 0. The number of fused-ring (bicyclic) bond motifs is 1. The molecular weight excluding hydrogens is 420 g/mol. The van der Waals surface area contributed by atoms with Crippen LogP contribution in [-0.2, 0) is 22.6 Å². The van der Waals surface area contributed by atoms with Gasteiger partial charge in [-0.3, -0.25) is 9.59 Å². The Morgan fingerprint density at radius 2 is 1.59 bits per heavy atom. The van der Waals surface area contributed by atoms with Crippen LogP contribution in [0.3, 0.4) is 0 Å². The van der Waals surface area contributed by atoms with Crippen molar-refractivity contribution in [3.8, 4) is 0 Å². The summed E-state index contributed by atoms with van der Waals surface area (Å²) in [6.07, 6.45) is 6.67. The van der Waals surface area contributed by atoms with Crippen molar-refractivity contribution in [1.82, 2.24) is 10.2 Å². The summed E-state index contributed by atoms with van der Waals surface area (Å²) in [5.41, 5.74) is 3.38. The molecule has 1 aliphatic carbocycles. The highest BCUT2D eigenvalue weighted by Crippen LogP contribution is 2.22. The van der Waals surface area contributed by atoms with Crippen molar-refractivity contribution in [3.05, 3.63) is 83.4 Å². The maximum atomic E-state index is 13.6. The third-order valence-corrected chi connectivity index (χ3v) is 7.21. The first-order valence-electron chi connectivity index (χ1n) is 12.6. The van der Waals surface area contributed by atoms with Gasteiger partial charge in [-0.1, -0.05) is 86.0 Å². The van der Waals surface area contributed by atoms with Gasteiger partial charge in [0, 0.05) is 19.0 Å². The summed E-state index contributed by atoms with van der Waals surface area (Å²) in [6.45, 7) is 4.37. The van der Waals surface area contributed by atoms with E-state index in [1.54, 1.807) is 4.90 Å².